The summed E-state index contributed by atoms with van der Waals surface area (Å²) in [5, 5.41) is 2.20. The van der Waals surface area contributed by atoms with E-state index in [4.69, 9.17) is 4.42 Å². The molecule has 3 nitrogen and oxygen atoms in total. The average Bonchev–Trinajstić information content (AvgIpc) is 3.80. The van der Waals surface area contributed by atoms with Gasteiger partial charge in [-0.3, -0.25) is 0 Å². The molecule has 0 amide bonds. The molecule has 11 rings (SSSR count). The Kier molecular flexibility index (Phi) is 7.25. The quantitative estimate of drug-likeness (QED) is 0.170. The first kappa shape index (κ1) is 33.5. The molecular weight excluding hydrogens is 693 g/mol. The molecule has 0 saturated heterocycles. The molecule has 0 radical (unpaired) electrons. The highest BCUT2D eigenvalue weighted by atomic mass is 16.3. The van der Waals surface area contributed by atoms with Gasteiger partial charge in [0, 0.05) is 67.9 Å². The number of nitrogens with zero attached hydrogens (tertiary/aromatic N) is 2. The fraction of sp³-hybridized carbons (Fsp3) is 0.111. The van der Waals surface area contributed by atoms with Crippen molar-refractivity contribution in [3.8, 4) is 22.3 Å². The van der Waals surface area contributed by atoms with Crippen molar-refractivity contribution in [3.05, 3.63) is 204 Å². The largest absolute Gasteiger partial charge is 0.456 e. The van der Waals surface area contributed by atoms with E-state index in [1.807, 2.05) is 0 Å². The third-order valence-electron chi connectivity index (χ3n) is 12.6. The minimum absolute atomic E-state index is 0.0979. The average molecular weight is 735 g/mol. The van der Waals surface area contributed by atoms with Gasteiger partial charge in [0.25, 0.3) is 0 Å². The number of hydrogen-bond donors (Lipinski definition) is 0. The van der Waals surface area contributed by atoms with Crippen molar-refractivity contribution in [3.63, 3.8) is 0 Å². The molecule has 0 fully saturated rings. The Bertz CT molecular complexity index is 2820. The van der Waals surface area contributed by atoms with Crippen LogP contribution >= 0.6 is 0 Å². The summed E-state index contributed by atoms with van der Waals surface area (Å²) in [4.78, 5) is 4.70. The first-order valence-electron chi connectivity index (χ1n) is 19.9. The minimum atomic E-state index is -0.0979. The van der Waals surface area contributed by atoms with Crippen LogP contribution in [-0.4, -0.2) is 0 Å². The molecule has 0 aliphatic heterocycles. The summed E-state index contributed by atoms with van der Waals surface area (Å²) in [6, 6.07) is 66.1. The Morgan fingerprint density at radius 3 is 1.11 bits per heavy atom. The summed E-state index contributed by atoms with van der Waals surface area (Å²) in [7, 11) is 0. The van der Waals surface area contributed by atoms with Crippen LogP contribution in [0.15, 0.2) is 186 Å². The molecule has 274 valence electrons. The third-order valence-corrected chi connectivity index (χ3v) is 12.6. The van der Waals surface area contributed by atoms with Gasteiger partial charge in [-0.25, -0.2) is 0 Å². The van der Waals surface area contributed by atoms with E-state index in [0.29, 0.717) is 0 Å². The van der Waals surface area contributed by atoms with Crippen LogP contribution in [0.25, 0.3) is 44.2 Å². The van der Waals surface area contributed by atoms with Gasteiger partial charge in [0.2, 0.25) is 0 Å². The highest BCUT2D eigenvalue weighted by molar-refractivity contribution is 6.07. The molecule has 1 heterocycles. The molecule has 0 spiro atoms. The van der Waals surface area contributed by atoms with Crippen molar-refractivity contribution >= 4 is 56.1 Å². The molecule has 2 aliphatic carbocycles. The van der Waals surface area contributed by atoms with Gasteiger partial charge in [-0.2, -0.15) is 0 Å². The summed E-state index contributed by atoms with van der Waals surface area (Å²) in [5.74, 6) is 0. The van der Waals surface area contributed by atoms with Crippen molar-refractivity contribution in [1.29, 1.82) is 0 Å². The predicted molar refractivity (Wildman–Crippen MR) is 238 cm³/mol. The second-order valence-corrected chi connectivity index (χ2v) is 16.6. The molecule has 9 aromatic rings. The number of anilines is 6. The van der Waals surface area contributed by atoms with Crippen molar-refractivity contribution in [2.75, 3.05) is 9.80 Å². The third kappa shape index (κ3) is 5.05. The van der Waals surface area contributed by atoms with Crippen LogP contribution in [0.5, 0.6) is 0 Å². The molecule has 0 unspecified atom stereocenters. The molecular formula is C54H42N2O. The van der Waals surface area contributed by atoms with Crippen molar-refractivity contribution < 1.29 is 4.42 Å². The van der Waals surface area contributed by atoms with E-state index in [9.17, 15) is 0 Å². The lowest BCUT2D eigenvalue weighted by atomic mass is 9.82. The molecule has 0 saturated carbocycles. The van der Waals surface area contributed by atoms with E-state index in [1.165, 1.54) is 44.5 Å². The van der Waals surface area contributed by atoms with Gasteiger partial charge >= 0.3 is 0 Å². The monoisotopic (exact) mass is 734 g/mol. The molecule has 3 heteroatoms. The highest BCUT2D eigenvalue weighted by Crippen LogP contribution is 2.52. The first-order chi connectivity index (χ1) is 27.8. The predicted octanol–water partition coefficient (Wildman–Crippen LogP) is 15.1. The van der Waals surface area contributed by atoms with Crippen molar-refractivity contribution in [2.24, 2.45) is 0 Å². The normalized spacial score (nSPS) is 14.2. The Labute approximate surface area is 334 Å². The Morgan fingerprint density at radius 1 is 0.316 bits per heavy atom. The second kappa shape index (κ2) is 12.3. The Morgan fingerprint density at radius 2 is 0.667 bits per heavy atom. The van der Waals surface area contributed by atoms with E-state index in [1.54, 1.807) is 0 Å². The van der Waals surface area contributed by atoms with E-state index < -0.39 is 0 Å². The van der Waals surface area contributed by atoms with E-state index >= 15 is 0 Å². The molecule has 0 bridgehead atoms. The Hall–Kier alpha value is -6.84. The van der Waals surface area contributed by atoms with Crippen LogP contribution < -0.4 is 9.80 Å². The first-order valence-corrected chi connectivity index (χ1v) is 19.9. The lowest BCUT2D eigenvalue weighted by molar-refractivity contribution is 0.660. The number of para-hydroxylation sites is 2. The van der Waals surface area contributed by atoms with Gasteiger partial charge in [-0.15, -0.1) is 0 Å². The smallest absolute Gasteiger partial charge is 0.137 e. The fourth-order valence-electron chi connectivity index (χ4n) is 9.74. The summed E-state index contributed by atoms with van der Waals surface area (Å²) >= 11 is 0. The maximum Gasteiger partial charge on any atom is 0.137 e. The number of benzene rings is 8. The zero-order chi connectivity index (χ0) is 38.5. The van der Waals surface area contributed by atoms with Crippen LogP contribution in [0.4, 0.5) is 34.1 Å². The lowest BCUT2D eigenvalue weighted by Crippen LogP contribution is -2.16. The zero-order valence-electron chi connectivity index (χ0n) is 32.6. The van der Waals surface area contributed by atoms with Crippen LogP contribution in [0.1, 0.15) is 49.9 Å². The van der Waals surface area contributed by atoms with Crippen LogP contribution in [0.2, 0.25) is 0 Å². The van der Waals surface area contributed by atoms with Gasteiger partial charge < -0.3 is 14.2 Å². The van der Waals surface area contributed by atoms with E-state index in [-0.39, 0.29) is 10.8 Å². The number of furan rings is 1. The fourth-order valence-corrected chi connectivity index (χ4v) is 9.74. The van der Waals surface area contributed by atoms with Gasteiger partial charge in [0.15, 0.2) is 0 Å². The van der Waals surface area contributed by atoms with Crippen molar-refractivity contribution in [2.45, 2.75) is 38.5 Å². The van der Waals surface area contributed by atoms with Gasteiger partial charge in [-0.05, 0) is 117 Å². The second-order valence-electron chi connectivity index (χ2n) is 16.6. The van der Waals surface area contributed by atoms with Crippen molar-refractivity contribution in [1.82, 2.24) is 0 Å². The standard InChI is InChI=1S/C54H42N2O/c1-53(2)47-21-13-11-19-41(47)43-27-23-37(31-49(43)53)55(35-15-7-5-8-16-35)39-25-29-45-46-30-26-40(34-52(46)57-51(45)33-39)56(36-17-9-6-10-18-36)38-24-28-44-42-20-12-14-22-48(42)54(3,4)50(44)32-38/h5-34H,1-4H3. The maximum absolute atomic E-state index is 6.82. The molecule has 57 heavy (non-hydrogen) atoms. The summed E-state index contributed by atoms with van der Waals surface area (Å²) in [5.41, 5.74) is 18.8. The Balaban J connectivity index is 1.02. The molecule has 0 atom stereocenters. The topological polar surface area (TPSA) is 19.6 Å². The van der Waals surface area contributed by atoms with Gasteiger partial charge in [0.05, 0.1) is 0 Å². The molecule has 8 aromatic carbocycles. The van der Waals surface area contributed by atoms with Crippen LogP contribution in [0, 0.1) is 0 Å². The molecule has 2 aliphatic rings. The molecule has 1 aromatic heterocycles. The van der Waals surface area contributed by atoms with E-state index in [2.05, 4.69) is 219 Å². The molecule has 0 N–H and O–H groups in total. The number of hydrogen-bond acceptors (Lipinski definition) is 3. The maximum atomic E-state index is 6.82. The number of rotatable bonds is 6. The SMILES string of the molecule is CC1(C)c2ccccc2-c2ccc(N(c3ccccc3)c3ccc4c(c3)oc3cc(N(c5ccccc5)c5ccc6c(c5)C(C)(C)c5ccccc5-6)ccc34)cc21. The lowest BCUT2D eigenvalue weighted by Gasteiger charge is -2.28. The summed E-state index contributed by atoms with van der Waals surface area (Å²) in [6.45, 7) is 9.36. The summed E-state index contributed by atoms with van der Waals surface area (Å²) in [6.07, 6.45) is 0. The van der Waals surface area contributed by atoms with Gasteiger partial charge in [-0.1, -0.05) is 125 Å². The number of fused-ring (bicyclic) bond motifs is 9. The highest BCUT2D eigenvalue weighted by Gasteiger charge is 2.37. The zero-order valence-corrected chi connectivity index (χ0v) is 32.6. The van der Waals surface area contributed by atoms with Crippen LogP contribution in [0.3, 0.4) is 0 Å². The van der Waals surface area contributed by atoms with E-state index in [0.717, 1.165) is 56.1 Å². The minimum Gasteiger partial charge on any atom is -0.456 e. The van der Waals surface area contributed by atoms with Gasteiger partial charge in [0.1, 0.15) is 11.2 Å². The van der Waals surface area contributed by atoms with Crippen LogP contribution in [-0.2, 0) is 10.8 Å². The summed E-state index contributed by atoms with van der Waals surface area (Å²) < 4.78 is 6.82.